The van der Waals surface area contributed by atoms with E-state index in [-0.39, 0.29) is 20.7 Å². The fourth-order valence-electron chi connectivity index (χ4n) is 3.75. The summed E-state index contributed by atoms with van der Waals surface area (Å²) < 4.78 is 33.8. The zero-order valence-corrected chi connectivity index (χ0v) is 20.5. The average Bonchev–Trinajstić information content (AvgIpc) is 2.82. The van der Waals surface area contributed by atoms with Crippen molar-refractivity contribution in [3.8, 4) is 5.75 Å². The van der Waals surface area contributed by atoms with Gasteiger partial charge in [0.25, 0.3) is 10.0 Å². The molecule has 174 valence electrons. The number of nitrogens with one attached hydrogen (secondary N) is 1. The zero-order valence-electron chi connectivity index (χ0n) is 18.2. The molecule has 1 N–H and O–H groups in total. The molecule has 4 aromatic rings. The van der Waals surface area contributed by atoms with E-state index < -0.39 is 10.0 Å². The lowest BCUT2D eigenvalue weighted by molar-refractivity contribution is 0.0984. The van der Waals surface area contributed by atoms with E-state index in [1.165, 1.54) is 18.2 Å². The molecular formula is C26H21Cl2NO4S. The van der Waals surface area contributed by atoms with Crippen LogP contribution in [0.25, 0.3) is 10.8 Å². The highest BCUT2D eigenvalue weighted by Gasteiger charge is 2.18. The summed E-state index contributed by atoms with van der Waals surface area (Å²) >= 11 is 12.0. The second kappa shape index (κ2) is 10.1. The number of sulfonamides is 1. The van der Waals surface area contributed by atoms with E-state index in [2.05, 4.69) is 4.72 Å². The number of carbonyl (C=O) groups is 1. The fraction of sp³-hybridized carbons (Fsp3) is 0.115. The minimum Gasteiger partial charge on any atom is -0.497 e. The van der Waals surface area contributed by atoms with Gasteiger partial charge < -0.3 is 4.74 Å². The number of aryl methyl sites for hydroxylation is 1. The van der Waals surface area contributed by atoms with Crippen LogP contribution in [0.5, 0.6) is 5.75 Å². The number of halogens is 2. The van der Waals surface area contributed by atoms with E-state index in [4.69, 9.17) is 27.9 Å². The van der Waals surface area contributed by atoms with Crippen molar-refractivity contribution in [1.29, 1.82) is 0 Å². The number of carbonyl (C=O) groups excluding carboxylic acids is 1. The van der Waals surface area contributed by atoms with Crippen LogP contribution in [-0.4, -0.2) is 21.3 Å². The number of ether oxygens (including phenoxy) is 1. The summed E-state index contributed by atoms with van der Waals surface area (Å²) in [7, 11) is -2.35. The van der Waals surface area contributed by atoms with Gasteiger partial charge in [0, 0.05) is 27.4 Å². The molecule has 0 fully saturated rings. The Balaban J connectivity index is 1.62. The molecule has 0 radical (unpaired) electrons. The molecular weight excluding hydrogens is 493 g/mol. The smallest absolute Gasteiger partial charge is 0.262 e. The third-order valence-corrected chi connectivity index (χ3v) is 7.17. The minimum absolute atomic E-state index is 0.0324. The van der Waals surface area contributed by atoms with Crippen LogP contribution in [0.4, 0.5) is 5.69 Å². The first-order valence-corrected chi connectivity index (χ1v) is 12.7. The third-order valence-electron chi connectivity index (χ3n) is 5.39. The van der Waals surface area contributed by atoms with Crippen LogP contribution in [0.2, 0.25) is 10.0 Å². The molecule has 0 heterocycles. The maximum Gasteiger partial charge on any atom is 0.262 e. The van der Waals surface area contributed by atoms with Crippen molar-refractivity contribution in [2.75, 3.05) is 11.8 Å². The Bertz CT molecular complexity index is 1470. The maximum absolute atomic E-state index is 13.1. The molecule has 8 heteroatoms. The standard InChI is InChI=1S/C26H21Cl2NO4S/c1-33-20-6-2-5-17(13-20)11-12-26(30)24-9-3-8-23-22(24)7-4-10-25(23)29-34(31,32)21-15-18(27)14-19(28)16-21/h2-10,13-16,29H,11-12H2,1H3. The summed E-state index contributed by atoms with van der Waals surface area (Å²) in [5.74, 6) is 0.711. The highest BCUT2D eigenvalue weighted by molar-refractivity contribution is 7.92. The molecule has 0 aliphatic rings. The van der Waals surface area contributed by atoms with E-state index in [1.54, 1.807) is 37.4 Å². The number of rotatable bonds is 8. The highest BCUT2D eigenvalue weighted by Crippen LogP contribution is 2.30. The van der Waals surface area contributed by atoms with E-state index in [0.717, 1.165) is 11.3 Å². The van der Waals surface area contributed by atoms with Crippen LogP contribution >= 0.6 is 23.2 Å². The van der Waals surface area contributed by atoms with Crippen LogP contribution in [0.15, 0.2) is 83.8 Å². The van der Waals surface area contributed by atoms with Gasteiger partial charge in [-0.3, -0.25) is 9.52 Å². The second-order valence-electron chi connectivity index (χ2n) is 7.69. The number of Topliss-reactive ketones (excluding diaryl/α,β-unsaturated/α-hetero) is 1. The van der Waals surface area contributed by atoms with E-state index >= 15 is 0 Å². The van der Waals surface area contributed by atoms with Gasteiger partial charge >= 0.3 is 0 Å². The molecule has 0 aromatic heterocycles. The van der Waals surface area contributed by atoms with Crippen LogP contribution in [-0.2, 0) is 16.4 Å². The summed E-state index contributed by atoms with van der Waals surface area (Å²) in [6.07, 6.45) is 0.873. The summed E-state index contributed by atoms with van der Waals surface area (Å²) in [5, 5.41) is 1.72. The van der Waals surface area contributed by atoms with Crippen LogP contribution < -0.4 is 9.46 Å². The Morgan fingerprint density at radius 3 is 2.29 bits per heavy atom. The molecule has 0 amide bonds. The minimum atomic E-state index is -3.95. The van der Waals surface area contributed by atoms with Crippen LogP contribution in [0.1, 0.15) is 22.3 Å². The second-order valence-corrected chi connectivity index (χ2v) is 10.2. The molecule has 5 nitrogen and oxygen atoms in total. The molecule has 0 spiro atoms. The number of hydrogen-bond donors (Lipinski definition) is 1. The molecule has 4 rings (SSSR count). The van der Waals surface area contributed by atoms with Gasteiger partial charge in [-0.05, 0) is 53.8 Å². The van der Waals surface area contributed by atoms with Gasteiger partial charge in [0.05, 0.1) is 17.7 Å². The molecule has 0 saturated carbocycles. The Hall–Kier alpha value is -3.06. The molecule has 0 aliphatic heterocycles. The van der Waals surface area contributed by atoms with Crippen molar-refractivity contribution in [2.24, 2.45) is 0 Å². The number of ketones is 1. The summed E-state index contributed by atoms with van der Waals surface area (Å²) in [5.41, 5.74) is 1.89. The van der Waals surface area contributed by atoms with Gasteiger partial charge in [0.1, 0.15) is 5.75 Å². The maximum atomic E-state index is 13.1. The average molecular weight is 514 g/mol. The normalized spacial score (nSPS) is 11.4. The van der Waals surface area contributed by atoms with E-state index in [9.17, 15) is 13.2 Å². The molecule has 0 unspecified atom stereocenters. The summed E-state index contributed by atoms with van der Waals surface area (Å²) in [6.45, 7) is 0. The number of methoxy groups -OCH3 is 1. The summed E-state index contributed by atoms with van der Waals surface area (Å²) in [6, 6.07) is 22.2. The first-order chi connectivity index (χ1) is 16.3. The molecule has 4 aromatic carbocycles. The summed E-state index contributed by atoms with van der Waals surface area (Å²) in [4.78, 5) is 13.0. The number of benzene rings is 4. The van der Waals surface area contributed by atoms with Gasteiger partial charge in [0.2, 0.25) is 0 Å². The van der Waals surface area contributed by atoms with Gasteiger partial charge in [-0.15, -0.1) is 0 Å². The largest absolute Gasteiger partial charge is 0.497 e. The number of fused-ring (bicyclic) bond motifs is 1. The fourth-order valence-corrected chi connectivity index (χ4v) is 5.56. The van der Waals surface area contributed by atoms with Crippen LogP contribution in [0.3, 0.4) is 0 Å². The molecule has 0 atom stereocenters. The number of hydrogen-bond acceptors (Lipinski definition) is 4. The highest BCUT2D eigenvalue weighted by atomic mass is 35.5. The van der Waals surface area contributed by atoms with E-state index in [0.29, 0.717) is 34.9 Å². The Morgan fingerprint density at radius 2 is 1.56 bits per heavy atom. The third kappa shape index (κ3) is 5.36. The predicted octanol–water partition coefficient (Wildman–Crippen LogP) is 6.77. The van der Waals surface area contributed by atoms with Gasteiger partial charge in [-0.1, -0.05) is 65.7 Å². The Labute approximate surface area is 208 Å². The van der Waals surface area contributed by atoms with Gasteiger partial charge in [0.15, 0.2) is 5.78 Å². The predicted molar refractivity (Wildman–Crippen MR) is 137 cm³/mol. The lowest BCUT2D eigenvalue weighted by Crippen LogP contribution is -2.13. The van der Waals surface area contributed by atoms with E-state index in [1.807, 2.05) is 30.3 Å². The van der Waals surface area contributed by atoms with Crippen molar-refractivity contribution in [3.05, 3.63) is 100 Å². The van der Waals surface area contributed by atoms with Crippen molar-refractivity contribution < 1.29 is 17.9 Å². The SMILES string of the molecule is COc1cccc(CCC(=O)c2cccc3c(NS(=O)(=O)c4cc(Cl)cc(Cl)c4)cccc23)c1. The Morgan fingerprint density at radius 1 is 0.882 bits per heavy atom. The van der Waals surface area contributed by atoms with Crippen molar-refractivity contribution in [1.82, 2.24) is 0 Å². The van der Waals surface area contributed by atoms with Crippen molar-refractivity contribution >= 4 is 55.5 Å². The van der Waals surface area contributed by atoms with Gasteiger partial charge in [-0.2, -0.15) is 0 Å². The molecule has 34 heavy (non-hydrogen) atoms. The van der Waals surface area contributed by atoms with Crippen molar-refractivity contribution in [2.45, 2.75) is 17.7 Å². The first kappa shape index (κ1) is 24.1. The van der Waals surface area contributed by atoms with Gasteiger partial charge in [-0.25, -0.2) is 8.42 Å². The molecule has 0 bridgehead atoms. The molecule has 0 aliphatic carbocycles. The Kier molecular flexibility index (Phi) is 7.12. The monoisotopic (exact) mass is 513 g/mol. The van der Waals surface area contributed by atoms with Crippen molar-refractivity contribution in [3.63, 3.8) is 0 Å². The first-order valence-electron chi connectivity index (χ1n) is 10.4. The lowest BCUT2D eigenvalue weighted by atomic mass is 9.97. The quantitative estimate of drug-likeness (QED) is 0.264. The topological polar surface area (TPSA) is 72.5 Å². The lowest BCUT2D eigenvalue weighted by Gasteiger charge is -2.13. The number of anilines is 1. The van der Waals surface area contributed by atoms with Crippen LogP contribution in [0, 0.1) is 0 Å². The zero-order chi connectivity index (χ0) is 24.3. The molecule has 0 saturated heterocycles.